The number of aliphatic hydroxyl groups is 1. The Kier molecular flexibility index (Phi) is 5.07. The first-order chi connectivity index (χ1) is 11.5. The van der Waals surface area contributed by atoms with Crippen LogP contribution in [0.2, 0.25) is 0 Å². The van der Waals surface area contributed by atoms with Crippen LogP contribution >= 0.6 is 0 Å². The molecule has 0 saturated heterocycles. The van der Waals surface area contributed by atoms with Crippen LogP contribution in [-0.2, 0) is 19.2 Å². The van der Waals surface area contributed by atoms with Crippen molar-refractivity contribution >= 4 is 0 Å². The summed E-state index contributed by atoms with van der Waals surface area (Å²) in [6.07, 6.45) is 7.67. The molecule has 130 valence electrons. The molecule has 1 fully saturated rings. The van der Waals surface area contributed by atoms with Gasteiger partial charge < -0.3 is 14.6 Å². The molecule has 3 rings (SSSR count). The SMILES string of the molecule is CN(C)Cc1cnc(C(O)(c2ccccc2)C2CCCCC2)n1C. The smallest absolute Gasteiger partial charge is 0.150 e. The lowest BCUT2D eigenvalue weighted by Crippen LogP contribution is -2.40. The molecule has 0 radical (unpaired) electrons. The fourth-order valence-corrected chi connectivity index (χ4v) is 4.03. The van der Waals surface area contributed by atoms with Crippen molar-refractivity contribution in [2.45, 2.75) is 44.2 Å². The number of benzene rings is 1. The van der Waals surface area contributed by atoms with Gasteiger partial charge in [-0.2, -0.15) is 0 Å². The first-order valence-electron chi connectivity index (χ1n) is 8.97. The van der Waals surface area contributed by atoms with Crippen LogP contribution in [-0.4, -0.2) is 33.7 Å². The molecule has 0 spiro atoms. The van der Waals surface area contributed by atoms with Crippen LogP contribution in [0.3, 0.4) is 0 Å². The van der Waals surface area contributed by atoms with E-state index < -0.39 is 5.60 Å². The first-order valence-corrected chi connectivity index (χ1v) is 8.97. The molecular weight excluding hydrogens is 298 g/mol. The molecule has 4 nitrogen and oxygen atoms in total. The van der Waals surface area contributed by atoms with Crippen molar-refractivity contribution in [1.82, 2.24) is 14.5 Å². The van der Waals surface area contributed by atoms with E-state index in [0.29, 0.717) is 0 Å². The number of hydrogen-bond acceptors (Lipinski definition) is 3. The van der Waals surface area contributed by atoms with Crippen molar-refractivity contribution in [3.05, 3.63) is 53.6 Å². The number of hydrogen-bond donors (Lipinski definition) is 1. The second-order valence-electron chi connectivity index (χ2n) is 7.34. The second-order valence-corrected chi connectivity index (χ2v) is 7.34. The zero-order valence-electron chi connectivity index (χ0n) is 15.1. The van der Waals surface area contributed by atoms with E-state index in [1.807, 2.05) is 43.6 Å². The van der Waals surface area contributed by atoms with Crippen molar-refractivity contribution in [1.29, 1.82) is 0 Å². The minimum Gasteiger partial charge on any atom is -0.377 e. The van der Waals surface area contributed by atoms with E-state index in [2.05, 4.69) is 28.5 Å². The van der Waals surface area contributed by atoms with Crippen molar-refractivity contribution in [2.24, 2.45) is 13.0 Å². The molecule has 1 aliphatic carbocycles. The Morgan fingerprint density at radius 3 is 2.46 bits per heavy atom. The zero-order chi connectivity index (χ0) is 17.2. The molecular formula is C20H29N3O. The average molecular weight is 327 g/mol. The topological polar surface area (TPSA) is 41.3 Å². The summed E-state index contributed by atoms with van der Waals surface area (Å²) in [5, 5.41) is 11.9. The Bertz CT molecular complexity index is 659. The predicted molar refractivity (Wildman–Crippen MR) is 96.6 cm³/mol. The maximum absolute atomic E-state index is 11.9. The molecule has 1 aromatic heterocycles. The van der Waals surface area contributed by atoms with Crippen LogP contribution in [0.1, 0.15) is 49.2 Å². The van der Waals surface area contributed by atoms with Crippen molar-refractivity contribution in [3.63, 3.8) is 0 Å². The van der Waals surface area contributed by atoms with E-state index in [1.54, 1.807) is 0 Å². The van der Waals surface area contributed by atoms with Crippen LogP contribution in [0.5, 0.6) is 0 Å². The lowest BCUT2D eigenvalue weighted by Gasteiger charge is -2.38. The third-order valence-electron chi connectivity index (χ3n) is 5.31. The first kappa shape index (κ1) is 17.2. The maximum atomic E-state index is 11.9. The highest BCUT2D eigenvalue weighted by Gasteiger charge is 2.43. The van der Waals surface area contributed by atoms with Gasteiger partial charge in [-0.05, 0) is 38.4 Å². The lowest BCUT2D eigenvalue weighted by atomic mass is 9.73. The van der Waals surface area contributed by atoms with Gasteiger partial charge in [-0.15, -0.1) is 0 Å². The number of aromatic nitrogens is 2. The normalized spacial score (nSPS) is 18.7. The van der Waals surface area contributed by atoms with Gasteiger partial charge in [0.1, 0.15) is 11.4 Å². The van der Waals surface area contributed by atoms with Gasteiger partial charge in [-0.3, -0.25) is 0 Å². The summed E-state index contributed by atoms with van der Waals surface area (Å²) in [6.45, 7) is 0.818. The largest absolute Gasteiger partial charge is 0.377 e. The summed E-state index contributed by atoms with van der Waals surface area (Å²) in [6, 6.07) is 10.1. The van der Waals surface area contributed by atoms with Gasteiger partial charge in [-0.1, -0.05) is 49.6 Å². The number of nitrogens with zero attached hydrogens (tertiary/aromatic N) is 3. The fraction of sp³-hybridized carbons (Fsp3) is 0.550. The van der Waals surface area contributed by atoms with Gasteiger partial charge in [0.2, 0.25) is 0 Å². The molecule has 2 aromatic rings. The lowest BCUT2D eigenvalue weighted by molar-refractivity contribution is -0.0108. The highest BCUT2D eigenvalue weighted by molar-refractivity contribution is 5.32. The van der Waals surface area contributed by atoms with E-state index in [9.17, 15) is 5.11 Å². The van der Waals surface area contributed by atoms with Crippen LogP contribution in [0.25, 0.3) is 0 Å². The molecule has 0 amide bonds. The third-order valence-corrected chi connectivity index (χ3v) is 5.31. The molecule has 1 heterocycles. The molecule has 1 unspecified atom stereocenters. The molecule has 1 aliphatic rings. The minimum absolute atomic E-state index is 0.224. The number of rotatable bonds is 5. The van der Waals surface area contributed by atoms with E-state index >= 15 is 0 Å². The highest BCUT2D eigenvalue weighted by Crippen LogP contribution is 2.43. The molecule has 4 heteroatoms. The van der Waals surface area contributed by atoms with E-state index in [4.69, 9.17) is 0 Å². The Hall–Kier alpha value is -1.65. The molecule has 1 aromatic carbocycles. The Labute approximate surface area is 145 Å². The average Bonchev–Trinajstić information content (AvgIpc) is 2.96. The zero-order valence-corrected chi connectivity index (χ0v) is 15.1. The van der Waals surface area contributed by atoms with E-state index in [1.165, 1.54) is 19.3 Å². The Balaban J connectivity index is 2.07. The predicted octanol–water partition coefficient (Wildman–Crippen LogP) is 3.30. The monoisotopic (exact) mass is 327 g/mol. The number of imidazole rings is 1. The van der Waals surface area contributed by atoms with Gasteiger partial charge >= 0.3 is 0 Å². The van der Waals surface area contributed by atoms with Crippen LogP contribution < -0.4 is 0 Å². The van der Waals surface area contributed by atoms with Gasteiger partial charge in [0.15, 0.2) is 0 Å². The summed E-state index contributed by atoms with van der Waals surface area (Å²) in [4.78, 5) is 6.81. The summed E-state index contributed by atoms with van der Waals surface area (Å²) in [7, 11) is 6.13. The molecule has 0 bridgehead atoms. The molecule has 1 atom stereocenters. The van der Waals surface area contributed by atoms with E-state index in [0.717, 1.165) is 36.5 Å². The fourth-order valence-electron chi connectivity index (χ4n) is 4.03. The summed E-state index contributed by atoms with van der Waals surface area (Å²) in [5.74, 6) is 0.999. The molecule has 1 saturated carbocycles. The maximum Gasteiger partial charge on any atom is 0.150 e. The van der Waals surface area contributed by atoms with E-state index in [-0.39, 0.29) is 5.92 Å². The van der Waals surface area contributed by atoms with Crippen molar-refractivity contribution in [3.8, 4) is 0 Å². The van der Waals surface area contributed by atoms with Gasteiger partial charge in [0.05, 0.1) is 5.69 Å². The summed E-state index contributed by atoms with van der Waals surface area (Å²) < 4.78 is 2.08. The standard InChI is InChI=1S/C20H29N3O/c1-22(2)15-18-14-21-19(23(18)3)20(24,16-10-6-4-7-11-16)17-12-8-5-9-13-17/h4,6-7,10-11,14,17,24H,5,8-9,12-13,15H2,1-3H3. The summed E-state index contributed by atoms with van der Waals surface area (Å²) in [5.41, 5.74) is 1.07. The molecule has 1 N–H and O–H groups in total. The van der Waals surface area contributed by atoms with Crippen LogP contribution in [0.4, 0.5) is 0 Å². The molecule has 0 aliphatic heterocycles. The van der Waals surface area contributed by atoms with Gasteiger partial charge in [-0.25, -0.2) is 4.98 Å². The van der Waals surface area contributed by atoms with Crippen LogP contribution in [0, 0.1) is 5.92 Å². The Morgan fingerprint density at radius 2 is 1.83 bits per heavy atom. The van der Waals surface area contributed by atoms with Crippen molar-refractivity contribution in [2.75, 3.05) is 14.1 Å². The van der Waals surface area contributed by atoms with Gasteiger partial charge in [0.25, 0.3) is 0 Å². The Morgan fingerprint density at radius 1 is 1.17 bits per heavy atom. The highest BCUT2D eigenvalue weighted by atomic mass is 16.3. The quantitative estimate of drug-likeness (QED) is 0.916. The second kappa shape index (κ2) is 7.08. The van der Waals surface area contributed by atoms with Gasteiger partial charge in [0, 0.05) is 19.8 Å². The summed E-state index contributed by atoms with van der Waals surface area (Å²) >= 11 is 0. The minimum atomic E-state index is -1.01. The van der Waals surface area contributed by atoms with Crippen molar-refractivity contribution < 1.29 is 5.11 Å². The van der Waals surface area contributed by atoms with Crippen LogP contribution in [0.15, 0.2) is 36.5 Å². The third kappa shape index (κ3) is 3.13. The molecule has 24 heavy (non-hydrogen) atoms.